The zero-order valence-corrected chi connectivity index (χ0v) is 15.7. The molecule has 0 saturated carbocycles. The van der Waals surface area contributed by atoms with Crippen molar-refractivity contribution in [3.05, 3.63) is 46.9 Å². The number of hydrogen-bond acceptors (Lipinski definition) is 5. The van der Waals surface area contributed by atoms with Crippen LogP contribution in [0.1, 0.15) is 33.9 Å². The number of benzene rings is 1. The normalized spacial score (nSPS) is 10.8. The zero-order chi connectivity index (χ0) is 18.4. The van der Waals surface area contributed by atoms with Crippen LogP contribution in [0.25, 0.3) is 0 Å². The standard InChI is InChI=1S/C19H27N5O/c1-13-7-8-16(14(2)11-13)23-19(25)17-12-18(22-15(3)21-17)20-9-6-10-24(4)5/h7-8,11-12H,6,9-10H2,1-5H3,(H,23,25)(H,20,21,22). The SMILES string of the molecule is Cc1ccc(NC(=O)c2cc(NCCCN(C)C)nc(C)n2)c(C)c1. The van der Waals surface area contributed by atoms with Gasteiger partial charge in [0, 0.05) is 18.3 Å². The first-order valence-corrected chi connectivity index (χ1v) is 8.48. The molecule has 25 heavy (non-hydrogen) atoms. The average Bonchev–Trinajstić information content (AvgIpc) is 2.53. The number of aromatic nitrogens is 2. The van der Waals surface area contributed by atoms with Crippen molar-refractivity contribution in [3.63, 3.8) is 0 Å². The molecule has 0 bridgehead atoms. The summed E-state index contributed by atoms with van der Waals surface area (Å²) in [6.45, 7) is 7.59. The van der Waals surface area contributed by atoms with E-state index in [0.717, 1.165) is 36.3 Å². The number of carbonyl (C=O) groups is 1. The number of rotatable bonds is 7. The minimum Gasteiger partial charge on any atom is -0.370 e. The quantitative estimate of drug-likeness (QED) is 0.758. The summed E-state index contributed by atoms with van der Waals surface area (Å²) in [6, 6.07) is 7.63. The van der Waals surface area contributed by atoms with Gasteiger partial charge in [-0.1, -0.05) is 17.7 Å². The highest BCUT2D eigenvalue weighted by Gasteiger charge is 2.12. The van der Waals surface area contributed by atoms with E-state index in [1.165, 1.54) is 0 Å². The molecular weight excluding hydrogens is 314 g/mol. The molecule has 1 amide bonds. The van der Waals surface area contributed by atoms with Crippen LogP contribution in [-0.2, 0) is 0 Å². The Balaban J connectivity index is 2.06. The zero-order valence-electron chi connectivity index (χ0n) is 15.7. The fourth-order valence-electron chi connectivity index (χ4n) is 2.53. The first-order valence-electron chi connectivity index (χ1n) is 8.48. The third-order valence-electron chi connectivity index (χ3n) is 3.79. The summed E-state index contributed by atoms with van der Waals surface area (Å²) in [5, 5.41) is 6.19. The molecule has 0 fully saturated rings. The molecule has 0 unspecified atom stereocenters. The van der Waals surface area contributed by atoms with Crippen molar-refractivity contribution in [2.75, 3.05) is 37.8 Å². The largest absolute Gasteiger partial charge is 0.370 e. The minimum atomic E-state index is -0.228. The third kappa shape index (κ3) is 5.83. The Bertz CT molecular complexity index is 743. The Hall–Kier alpha value is -2.47. The Kier molecular flexibility index (Phi) is 6.47. The van der Waals surface area contributed by atoms with Gasteiger partial charge in [-0.3, -0.25) is 4.79 Å². The summed E-state index contributed by atoms with van der Waals surface area (Å²) in [5.41, 5.74) is 3.36. The maximum absolute atomic E-state index is 12.5. The molecule has 0 atom stereocenters. The van der Waals surface area contributed by atoms with Crippen LogP contribution in [0.5, 0.6) is 0 Å². The molecule has 0 radical (unpaired) electrons. The molecular formula is C19H27N5O. The van der Waals surface area contributed by atoms with Gasteiger partial charge in [-0.25, -0.2) is 9.97 Å². The Morgan fingerprint density at radius 3 is 2.56 bits per heavy atom. The highest BCUT2D eigenvalue weighted by molar-refractivity contribution is 6.03. The van der Waals surface area contributed by atoms with Crippen molar-refractivity contribution in [2.24, 2.45) is 0 Å². The summed E-state index contributed by atoms with van der Waals surface area (Å²) < 4.78 is 0. The molecule has 2 rings (SSSR count). The molecule has 1 aromatic carbocycles. The molecule has 0 aliphatic rings. The molecule has 2 N–H and O–H groups in total. The second kappa shape index (κ2) is 8.58. The molecule has 2 aromatic rings. The van der Waals surface area contributed by atoms with E-state index in [4.69, 9.17) is 0 Å². The van der Waals surface area contributed by atoms with Crippen LogP contribution in [0.15, 0.2) is 24.3 Å². The van der Waals surface area contributed by atoms with Crippen LogP contribution in [0.3, 0.4) is 0 Å². The Morgan fingerprint density at radius 1 is 1.12 bits per heavy atom. The fraction of sp³-hybridized carbons (Fsp3) is 0.421. The van der Waals surface area contributed by atoms with Gasteiger partial charge in [0.25, 0.3) is 5.91 Å². The van der Waals surface area contributed by atoms with Crippen molar-refractivity contribution in [1.82, 2.24) is 14.9 Å². The summed E-state index contributed by atoms with van der Waals surface area (Å²) in [6.07, 6.45) is 1.00. The molecule has 0 aliphatic carbocycles. The van der Waals surface area contributed by atoms with Gasteiger partial charge in [0.15, 0.2) is 0 Å². The lowest BCUT2D eigenvalue weighted by Gasteiger charge is -2.12. The van der Waals surface area contributed by atoms with Crippen molar-refractivity contribution in [1.29, 1.82) is 0 Å². The van der Waals surface area contributed by atoms with Gasteiger partial charge < -0.3 is 15.5 Å². The van der Waals surface area contributed by atoms with Gasteiger partial charge in [0.1, 0.15) is 17.3 Å². The van der Waals surface area contributed by atoms with Gasteiger partial charge in [0.2, 0.25) is 0 Å². The molecule has 0 spiro atoms. The van der Waals surface area contributed by atoms with Crippen molar-refractivity contribution < 1.29 is 4.79 Å². The number of amides is 1. The predicted octanol–water partition coefficient (Wildman–Crippen LogP) is 3.02. The number of nitrogens with one attached hydrogen (secondary N) is 2. The van der Waals surface area contributed by atoms with Crippen molar-refractivity contribution >= 4 is 17.4 Å². The number of hydrogen-bond donors (Lipinski definition) is 2. The molecule has 1 aromatic heterocycles. The number of carbonyl (C=O) groups excluding carboxylic acids is 1. The van der Waals surface area contributed by atoms with E-state index in [-0.39, 0.29) is 5.91 Å². The second-order valence-corrected chi connectivity index (χ2v) is 6.54. The smallest absolute Gasteiger partial charge is 0.274 e. The Morgan fingerprint density at radius 2 is 1.88 bits per heavy atom. The number of anilines is 2. The summed E-state index contributed by atoms with van der Waals surface area (Å²) in [7, 11) is 4.09. The predicted molar refractivity (Wildman–Crippen MR) is 102 cm³/mol. The van der Waals surface area contributed by atoms with Gasteiger partial charge in [0.05, 0.1) is 0 Å². The van der Waals surface area contributed by atoms with E-state index in [2.05, 4.69) is 25.5 Å². The fourth-order valence-corrected chi connectivity index (χ4v) is 2.53. The minimum absolute atomic E-state index is 0.228. The molecule has 0 saturated heterocycles. The van der Waals surface area contributed by atoms with Crippen LogP contribution in [0.2, 0.25) is 0 Å². The van der Waals surface area contributed by atoms with E-state index in [9.17, 15) is 4.79 Å². The van der Waals surface area contributed by atoms with E-state index in [0.29, 0.717) is 17.3 Å². The van der Waals surface area contributed by atoms with E-state index < -0.39 is 0 Å². The Labute approximate surface area is 149 Å². The molecule has 1 heterocycles. The first-order chi connectivity index (χ1) is 11.8. The van der Waals surface area contributed by atoms with Crippen LogP contribution < -0.4 is 10.6 Å². The summed E-state index contributed by atoms with van der Waals surface area (Å²) in [5.74, 6) is 1.02. The van der Waals surface area contributed by atoms with Gasteiger partial charge in [-0.15, -0.1) is 0 Å². The summed E-state index contributed by atoms with van der Waals surface area (Å²) >= 11 is 0. The highest BCUT2D eigenvalue weighted by atomic mass is 16.1. The monoisotopic (exact) mass is 341 g/mol. The maximum Gasteiger partial charge on any atom is 0.274 e. The lowest BCUT2D eigenvalue weighted by Crippen LogP contribution is -2.18. The number of nitrogens with zero attached hydrogens (tertiary/aromatic N) is 3. The topological polar surface area (TPSA) is 70.2 Å². The molecule has 6 heteroatoms. The van der Waals surface area contributed by atoms with Crippen LogP contribution in [0, 0.1) is 20.8 Å². The van der Waals surface area contributed by atoms with Gasteiger partial charge >= 0.3 is 0 Å². The average molecular weight is 341 g/mol. The van der Waals surface area contributed by atoms with Crippen molar-refractivity contribution in [2.45, 2.75) is 27.2 Å². The number of aryl methyl sites for hydroxylation is 3. The van der Waals surface area contributed by atoms with Gasteiger partial charge in [-0.2, -0.15) is 0 Å². The van der Waals surface area contributed by atoms with Gasteiger partial charge in [-0.05, 0) is 59.5 Å². The lowest BCUT2D eigenvalue weighted by molar-refractivity contribution is 0.102. The van der Waals surface area contributed by atoms with Crippen LogP contribution in [0.4, 0.5) is 11.5 Å². The van der Waals surface area contributed by atoms with E-state index in [1.54, 1.807) is 13.0 Å². The second-order valence-electron chi connectivity index (χ2n) is 6.54. The van der Waals surface area contributed by atoms with E-state index >= 15 is 0 Å². The van der Waals surface area contributed by atoms with Crippen molar-refractivity contribution in [3.8, 4) is 0 Å². The maximum atomic E-state index is 12.5. The summed E-state index contributed by atoms with van der Waals surface area (Å²) in [4.78, 5) is 23.3. The first kappa shape index (κ1) is 18.9. The molecule has 6 nitrogen and oxygen atoms in total. The molecule has 134 valence electrons. The van der Waals surface area contributed by atoms with Crippen LogP contribution >= 0.6 is 0 Å². The molecule has 0 aliphatic heterocycles. The highest BCUT2D eigenvalue weighted by Crippen LogP contribution is 2.17. The van der Waals surface area contributed by atoms with E-state index in [1.807, 2.05) is 46.1 Å². The third-order valence-corrected chi connectivity index (χ3v) is 3.79. The van der Waals surface area contributed by atoms with Crippen LogP contribution in [-0.4, -0.2) is 48.0 Å². The lowest BCUT2D eigenvalue weighted by atomic mass is 10.1.